The smallest absolute Gasteiger partial charge is 0.142 e. The normalized spacial score (nSPS) is 12.4. The summed E-state index contributed by atoms with van der Waals surface area (Å²) in [6.45, 7) is 0. The van der Waals surface area contributed by atoms with Gasteiger partial charge in [-0.15, -0.1) is 0 Å². The fraction of sp³-hybridized carbons (Fsp3) is 0.143. The van der Waals surface area contributed by atoms with Crippen molar-refractivity contribution in [2.45, 2.75) is 12.5 Å². The second kappa shape index (κ2) is 7.00. The highest BCUT2D eigenvalue weighted by Crippen LogP contribution is 2.29. The van der Waals surface area contributed by atoms with Gasteiger partial charge < -0.3 is 0 Å². The predicted octanol–water partition coefficient (Wildman–Crippen LogP) is 4.75. The molecule has 0 saturated carbocycles. The van der Waals surface area contributed by atoms with Crippen molar-refractivity contribution >= 4 is 43.5 Å². The number of rotatable bonds is 4. The minimum atomic E-state index is -0.355. The number of halogens is 4. The summed E-state index contributed by atoms with van der Waals surface area (Å²) in [7, 11) is 0. The average Bonchev–Trinajstić information content (AvgIpc) is 2.42. The molecule has 0 aromatic heterocycles. The van der Waals surface area contributed by atoms with Crippen LogP contribution in [0.1, 0.15) is 17.2 Å². The zero-order valence-corrected chi connectivity index (χ0v) is 14.3. The largest absolute Gasteiger partial charge is 0.271 e. The van der Waals surface area contributed by atoms with E-state index in [2.05, 4.69) is 37.3 Å². The van der Waals surface area contributed by atoms with Gasteiger partial charge in [0.05, 0.1) is 10.5 Å². The first-order chi connectivity index (χ1) is 9.52. The van der Waals surface area contributed by atoms with E-state index in [0.717, 1.165) is 10.0 Å². The highest BCUT2D eigenvalue weighted by atomic mass is 79.9. The number of hydrazine groups is 1. The van der Waals surface area contributed by atoms with E-state index in [-0.39, 0.29) is 11.9 Å². The first kappa shape index (κ1) is 15.9. The van der Waals surface area contributed by atoms with Crippen molar-refractivity contribution in [2.75, 3.05) is 0 Å². The van der Waals surface area contributed by atoms with Gasteiger partial charge in [-0.2, -0.15) is 0 Å². The maximum atomic E-state index is 14.1. The van der Waals surface area contributed by atoms with Gasteiger partial charge in [0.15, 0.2) is 0 Å². The molecule has 0 aliphatic heterocycles. The van der Waals surface area contributed by atoms with Gasteiger partial charge in [0.1, 0.15) is 5.82 Å². The van der Waals surface area contributed by atoms with Crippen LogP contribution in [0.2, 0.25) is 5.02 Å². The van der Waals surface area contributed by atoms with Gasteiger partial charge in [0.25, 0.3) is 0 Å². The van der Waals surface area contributed by atoms with Crippen molar-refractivity contribution in [3.05, 3.63) is 67.3 Å². The van der Waals surface area contributed by atoms with E-state index in [1.807, 2.05) is 18.2 Å². The van der Waals surface area contributed by atoms with Gasteiger partial charge in [0, 0.05) is 15.1 Å². The van der Waals surface area contributed by atoms with E-state index in [1.54, 1.807) is 18.2 Å². The third-order valence-corrected chi connectivity index (χ3v) is 4.45. The summed E-state index contributed by atoms with van der Waals surface area (Å²) < 4.78 is 15.4. The lowest BCUT2D eigenvalue weighted by Gasteiger charge is -2.18. The Kier molecular flexibility index (Phi) is 5.57. The number of nitrogens with one attached hydrogen (secondary N) is 1. The van der Waals surface area contributed by atoms with Crippen LogP contribution in [0.5, 0.6) is 0 Å². The molecule has 106 valence electrons. The standard InChI is InChI=1S/C14H12Br2ClFN2/c15-9-5-4-8(12(17)7-9)6-13(20-19)10-2-1-3-11(16)14(10)18/h1-5,7,13,20H,6,19H2. The van der Waals surface area contributed by atoms with E-state index in [0.29, 0.717) is 21.5 Å². The fourth-order valence-electron chi connectivity index (χ4n) is 1.96. The number of hydrogen-bond acceptors (Lipinski definition) is 2. The summed E-state index contributed by atoms with van der Waals surface area (Å²) in [5, 5.41) is 0.620. The Morgan fingerprint density at radius 3 is 2.65 bits per heavy atom. The van der Waals surface area contributed by atoms with Gasteiger partial charge in [-0.05, 0) is 46.1 Å². The first-order valence-corrected chi connectivity index (χ1v) is 7.83. The Balaban J connectivity index is 2.31. The molecule has 0 fully saturated rings. The Labute approximate surface area is 138 Å². The van der Waals surface area contributed by atoms with E-state index in [9.17, 15) is 4.39 Å². The molecule has 3 N–H and O–H groups in total. The van der Waals surface area contributed by atoms with Crippen molar-refractivity contribution in [1.82, 2.24) is 5.43 Å². The number of benzene rings is 2. The molecule has 2 rings (SSSR count). The summed E-state index contributed by atoms with van der Waals surface area (Å²) in [6.07, 6.45) is 0.496. The van der Waals surface area contributed by atoms with Crippen molar-refractivity contribution in [2.24, 2.45) is 5.84 Å². The molecule has 0 amide bonds. The van der Waals surface area contributed by atoms with Crippen LogP contribution in [-0.4, -0.2) is 0 Å². The lowest BCUT2D eigenvalue weighted by molar-refractivity contribution is 0.508. The lowest BCUT2D eigenvalue weighted by atomic mass is 9.99. The molecule has 2 aromatic rings. The second-order valence-electron chi connectivity index (χ2n) is 4.30. The fourth-order valence-corrected chi connectivity index (χ4v) is 3.09. The molecule has 0 aliphatic carbocycles. The molecule has 6 heteroatoms. The van der Waals surface area contributed by atoms with E-state index in [1.165, 1.54) is 0 Å². The Bertz CT molecular complexity index is 622. The minimum Gasteiger partial charge on any atom is -0.271 e. The monoisotopic (exact) mass is 420 g/mol. The van der Waals surface area contributed by atoms with Crippen LogP contribution in [0, 0.1) is 5.82 Å². The van der Waals surface area contributed by atoms with Crippen LogP contribution in [-0.2, 0) is 6.42 Å². The van der Waals surface area contributed by atoms with Gasteiger partial charge >= 0.3 is 0 Å². The predicted molar refractivity (Wildman–Crippen MR) is 87.0 cm³/mol. The van der Waals surface area contributed by atoms with E-state index >= 15 is 0 Å². The molecule has 0 heterocycles. The van der Waals surface area contributed by atoms with Crippen molar-refractivity contribution < 1.29 is 4.39 Å². The molecule has 0 saturated heterocycles. The minimum absolute atomic E-state index is 0.316. The number of hydrogen-bond donors (Lipinski definition) is 2. The summed E-state index contributed by atoms with van der Waals surface area (Å²) in [6, 6.07) is 10.4. The molecule has 1 unspecified atom stereocenters. The van der Waals surface area contributed by atoms with Crippen LogP contribution >= 0.6 is 43.5 Å². The molecule has 0 aliphatic rings. The highest BCUT2D eigenvalue weighted by molar-refractivity contribution is 9.10. The summed E-state index contributed by atoms with van der Waals surface area (Å²) in [4.78, 5) is 0. The molecular formula is C14H12Br2ClFN2. The molecule has 2 nitrogen and oxygen atoms in total. The topological polar surface area (TPSA) is 38.0 Å². The average molecular weight is 423 g/mol. The van der Waals surface area contributed by atoms with Crippen LogP contribution in [0.25, 0.3) is 0 Å². The quantitative estimate of drug-likeness (QED) is 0.551. The maximum absolute atomic E-state index is 14.1. The van der Waals surface area contributed by atoms with Crippen LogP contribution in [0.15, 0.2) is 45.3 Å². The number of nitrogens with two attached hydrogens (primary N) is 1. The first-order valence-electron chi connectivity index (χ1n) is 5.87. The second-order valence-corrected chi connectivity index (χ2v) is 6.48. The SMILES string of the molecule is NNC(Cc1ccc(Br)cc1Cl)c1cccc(Br)c1F. The third kappa shape index (κ3) is 3.59. The van der Waals surface area contributed by atoms with E-state index in [4.69, 9.17) is 17.4 Å². The van der Waals surface area contributed by atoms with Crippen LogP contribution in [0.3, 0.4) is 0 Å². The molecule has 2 aromatic carbocycles. The third-order valence-electron chi connectivity index (χ3n) is 3.00. The lowest BCUT2D eigenvalue weighted by Crippen LogP contribution is -2.30. The Hall–Kier alpha value is -0.460. The molecule has 0 spiro atoms. The van der Waals surface area contributed by atoms with E-state index < -0.39 is 0 Å². The zero-order valence-electron chi connectivity index (χ0n) is 10.3. The van der Waals surface area contributed by atoms with Crippen molar-refractivity contribution in [1.29, 1.82) is 0 Å². The van der Waals surface area contributed by atoms with Gasteiger partial charge in [-0.3, -0.25) is 11.3 Å². The van der Waals surface area contributed by atoms with Gasteiger partial charge in [0.2, 0.25) is 0 Å². The summed E-state index contributed by atoms with van der Waals surface area (Å²) >= 11 is 12.7. The van der Waals surface area contributed by atoms with Gasteiger partial charge in [-0.1, -0.05) is 45.7 Å². The van der Waals surface area contributed by atoms with Crippen molar-refractivity contribution in [3.63, 3.8) is 0 Å². The highest BCUT2D eigenvalue weighted by Gasteiger charge is 2.17. The van der Waals surface area contributed by atoms with Crippen LogP contribution in [0.4, 0.5) is 4.39 Å². The molecule has 0 bridgehead atoms. The molecular weight excluding hydrogens is 410 g/mol. The molecule has 20 heavy (non-hydrogen) atoms. The maximum Gasteiger partial charge on any atom is 0.142 e. The molecule has 1 atom stereocenters. The zero-order chi connectivity index (χ0) is 14.7. The van der Waals surface area contributed by atoms with Crippen LogP contribution < -0.4 is 11.3 Å². The Morgan fingerprint density at radius 2 is 2.00 bits per heavy atom. The van der Waals surface area contributed by atoms with Crippen molar-refractivity contribution in [3.8, 4) is 0 Å². The Morgan fingerprint density at radius 1 is 1.25 bits per heavy atom. The summed E-state index contributed by atoms with van der Waals surface area (Å²) in [5.74, 6) is 5.25. The molecule has 0 radical (unpaired) electrons. The summed E-state index contributed by atoms with van der Waals surface area (Å²) in [5.41, 5.74) is 4.05. The van der Waals surface area contributed by atoms with Gasteiger partial charge in [-0.25, -0.2) is 4.39 Å².